The van der Waals surface area contributed by atoms with Crippen LogP contribution in [0.4, 0.5) is 5.69 Å². The fourth-order valence-corrected chi connectivity index (χ4v) is 2.53. The van der Waals surface area contributed by atoms with Gasteiger partial charge in [-0.1, -0.05) is 11.6 Å². The Kier molecular flexibility index (Phi) is 6.37. The van der Waals surface area contributed by atoms with Crippen LogP contribution in [-0.4, -0.2) is 31.2 Å². The Hall–Kier alpha value is -2.84. The Morgan fingerprint density at radius 1 is 1.04 bits per heavy atom. The molecule has 0 aliphatic carbocycles. The number of hydrogen-bond acceptors (Lipinski definition) is 6. The highest BCUT2D eigenvalue weighted by atomic mass is 35.5. The van der Waals surface area contributed by atoms with E-state index in [9.17, 15) is 14.7 Å². The summed E-state index contributed by atoms with van der Waals surface area (Å²) in [4.78, 5) is 23.2. The molecule has 2 rings (SSSR count). The summed E-state index contributed by atoms with van der Waals surface area (Å²) in [6, 6.07) is 8.59. The minimum atomic E-state index is -1.35. The van der Waals surface area contributed by atoms with E-state index in [4.69, 9.17) is 33.3 Å². The van der Waals surface area contributed by atoms with E-state index >= 15 is 0 Å². The molecule has 0 radical (unpaired) electrons. The van der Waals surface area contributed by atoms with Gasteiger partial charge in [0, 0.05) is 5.56 Å². The number of carbonyl (C=O) groups is 2. The number of rotatable bonds is 5. The quantitative estimate of drug-likeness (QED) is 0.747. The number of halogens is 1. The number of ether oxygens (including phenoxy) is 2. The molecule has 0 aliphatic heterocycles. The van der Waals surface area contributed by atoms with Gasteiger partial charge >= 0.3 is 0 Å². The molecule has 2 aromatic carbocycles. The highest BCUT2D eigenvalue weighted by molar-refractivity contribution is 7.80. The first-order chi connectivity index (χ1) is 12.3. The van der Waals surface area contributed by atoms with Crippen molar-refractivity contribution in [1.82, 2.24) is 5.32 Å². The number of nitrogens with one attached hydrogen (secondary N) is 2. The molecule has 136 valence electrons. The van der Waals surface area contributed by atoms with E-state index in [0.717, 1.165) is 0 Å². The molecule has 26 heavy (non-hydrogen) atoms. The van der Waals surface area contributed by atoms with Gasteiger partial charge in [0.05, 0.1) is 30.9 Å². The van der Waals surface area contributed by atoms with E-state index in [1.54, 1.807) is 6.07 Å². The SMILES string of the molecule is COc1ccc(C(=O)NC(=S)Nc2cc(C(=O)[O-])ccc2OC)cc1Cl. The predicted octanol–water partition coefficient (Wildman–Crippen LogP) is 1.85. The number of thiocarbonyl (C=S) groups is 1. The molecule has 0 atom stereocenters. The average molecular weight is 394 g/mol. The topological polar surface area (TPSA) is 99.7 Å². The van der Waals surface area contributed by atoms with Gasteiger partial charge in [-0.2, -0.15) is 0 Å². The summed E-state index contributed by atoms with van der Waals surface area (Å²) in [6.45, 7) is 0. The van der Waals surface area contributed by atoms with Gasteiger partial charge in [0.15, 0.2) is 5.11 Å². The van der Waals surface area contributed by atoms with Crippen LogP contribution in [0, 0.1) is 0 Å². The number of carboxylic acids is 1. The molecular formula is C17H14ClN2O5S-. The van der Waals surface area contributed by atoms with Crippen LogP contribution >= 0.6 is 23.8 Å². The second kappa shape index (κ2) is 8.50. The summed E-state index contributed by atoms with van der Waals surface area (Å²) < 4.78 is 10.2. The normalized spacial score (nSPS) is 9.96. The predicted molar refractivity (Wildman–Crippen MR) is 99.0 cm³/mol. The van der Waals surface area contributed by atoms with Gasteiger partial charge in [-0.15, -0.1) is 0 Å². The molecule has 7 nitrogen and oxygen atoms in total. The van der Waals surface area contributed by atoms with Crippen molar-refractivity contribution >= 4 is 46.5 Å². The third-order valence-corrected chi connectivity index (χ3v) is 3.82. The second-order valence-corrected chi connectivity index (χ2v) is 5.78. The minimum absolute atomic E-state index is 0.0456. The molecule has 0 heterocycles. The van der Waals surface area contributed by atoms with Crippen LogP contribution < -0.4 is 25.2 Å². The molecule has 0 bridgehead atoms. The molecule has 1 amide bonds. The van der Waals surface area contributed by atoms with Crippen molar-refractivity contribution in [2.24, 2.45) is 0 Å². The van der Waals surface area contributed by atoms with Crippen LogP contribution in [-0.2, 0) is 0 Å². The van der Waals surface area contributed by atoms with E-state index in [-0.39, 0.29) is 26.9 Å². The molecule has 0 fully saturated rings. The molecule has 0 spiro atoms. The van der Waals surface area contributed by atoms with Gasteiger partial charge in [0.25, 0.3) is 5.91 Å². The van der Waals surface area contributed by atoms with Gasteiger partial charge in [-0.25, -0.2) is 0 Å². The molecule has 0 saturated carbocycles. The number of carboxylic acid groups (broad SMARTS) is 1. The zero-order valence-electron chi connectivity index (χ0n) is 13.8. The molecule has 0 aromatic heterocycles. The maximum Gasteiger partial charge on any atom is 0.257 e. The third kappa shape index (κ3) is 4.62. The highest BCUT2D eigenvalue weighted by Gasteiger charge is 2.12. The Balaban J connectivity index is 2.13. The lowest BCUT2D eigenvalue weighted by atomic mass is 10.2. The number of aromatic carboxylic acids is 1. The number of carbonyl (C=O) groups excluding carboxylic acids is 2. The van der Waals surface area contributed by atoms with Crippen LogP contribution in [0.1, 0.15) is 20.7 Å². The molecule has 0 unspecified atom stereocenters. The summed E-state index contributed by atoms with van der Waals surface area (Å²) in [6.07, 6.45) is 0. The number of benzene rings is 2. The van der Waals surface area contributed by atoms with Crippen molar-refractivity contribution in [2.45, 2.75) is 0 Å². The molecular weight excluding hydrogens is 380 g/mol. The van der Waals surface area contributed by atoms with Gasteiger partial charge in [-0.3, -0.25) is 10.1 Å². The fraction of sp³-hybridized carbons (Fsp3) is 0.118. The van der Waals surface area contributed by atoms with Gasteiger partial charge in [-0.05, 0) is 54.2 Å². The van der Waals surface area contributed by atoms with E-state index in [2.05, 4.69) is 10.6 Å². The monoisotopic (exact) mass is 393 g/mol. The van der Waals surface area contributed by atoms with Crippen LogP contribution in [0.2, 0.25) is 5.02 Å². The van der Waals surface area contributed by atoms with Crippen LogP contribution in [0.5, 0.6) is 11.5 Å². The van der Waals surface area contributed by atoms with E-state index < -0.39 is 11.9 Å². The molecule has 0 saturated heterocycles. The van der Waals surface area contributed by atoms with Crippen molar-refractivity contribution in [1.29, 1.82) is 0 Å². The lowest BCUT2D eigenvalue weighted by Crippen LogP contribution is -2.34. The van der Waals surface area contributed by atoms with E-state index in [1.807, 2.05) is 0 Å². The lowest BCUT2D eigenvalue weighted by Gasteiger charge is -2.14. The molecule has 2 aromatic rings. The summed E-state index contributed by atoms with van der Waals surface area (Å²) in [5, 5.41) is 16.4. The fourth-order valence-electron chi connectivity index (χ4n) is 2.07. The standard InChI is InChI=1S/C17H15ClN2O5S/c1-24-13-5-3-9(7-11(13)18)15(21)20-17(26)19-12-8-10(16(22)23)4-6-14(12)25-2/h3-8H,1-2H3,(H,22,23)(H2,19,20,21,26)/p-1. The molecule has 2 N–H and O–H groups in total. The van der Waals surface area contributed by atoms with Crippen molar-refractivity contribution in [3.8, 4) is 11.5 Å². The maximum atomic E-state index is 12.3. The first-order valence-electron chi connectivity index (χ1n) is 7.21. The van der Waals surface area contributed by atoms with E-state index in [1.165, 1.54) is 44.6 Å². The summed E-state index contributed by atoms with van der Waals surface area (Å²) in [5.74, 6) is -1.06. The van der Waals surface area contributed by atoms with Crippen molar-refractivity contribution < 1.29 is 24.2 Å². The van der Waals surface area contributed by atoms with Gasteiger partial charge in [0.2, 0.25) is 0 Å². The Morgan fingerprint density at radius 2 is 1.65 bits per heavy atom. The van der Waals surface area contributed by atoms with E-state index in [0.29, 0.717) is 11.5 Å². The van der Waals surface area contributed by atoms with Crippen molar-refractivity contribution in [2.75, 3.05) is 19.5 Å². The molecule has 0 aliphatic rings. The number of methoxy groups -OCH3 is 2. The van der Waals surface area contributed by atoms with Crippen LogP contribution in [0.15, 0.2) is 36.4 Å². The maximum absolute atomic E-state index is 12.3. The molecule has 9 heteroatoms. The Labute approximate surface area is 159 Å². The minimum Gasteiger partial charge on any atom is -0.545 e. The van der Waals surface area contributed by atoms with Gasteiger partial charge in [0.1, 0.15) is 11.5 Å². The first-order valence-corrected chi connectivity index (χ1v) is 7.99. The Bertz CT molecular complexity index is 872. The summed E-state index contributed by atoms with van der Waals surface area (Å²) in [7, 11) is 2.88. The summed E-state index contributed by atoms with van der Waals surface area (Å²) in [5.41, 5.74) is 0.479. The number of anilines is 1. The third-order valence-electron chi connectivity index (χ3n) is 3.32. The highest BCUT2D eigenvalue weighted by Crippen LogP contribution is 2.26. The number of amides is 1. The lowest BCUT2D eigenvalue weighted by molar-refractivity contribution is -0.255. The van der Waals surface area contributed by atoms with Crippen LogP contribution in [0.3, 0.4) is 0 Å². The Morgan fingerprint density at radius 3 is 2.23 bits per heavy atom. The summed E-state index contributed by atoms with van der Waals surface area (Å²) >= 11 is 11.1. The smallest absolute Gasteiger partial charge is 0.257 e. The zero-order valence-corrected chi connectivity index (χ0v) is 15.4. The van der Waals surface area contributed by atoms with Crippen molar-refractivity contribution in [3.05, 3.63) is 52.5 Å². The van der Waals surface area contributed by atoms with Gasteiger partial charge < -0.3 is 24.7 Å². The largest absolute Gasteiger partial charge is 0.545 e. The zero-order chi connectivity index (χ0) is 19.3. The van der Waals surface area contributed by atoms with Crippen LogP contribution in [0.25, 0.3) is 0 Å². The second-order valence-electron chi connectivity index (χ2n) is 4.96. The first kappa shape index (κ1) is 19.5. The number of hydrogen-bond donors (Lipinski definition) is 2. The average Bonchev–Trinajstić information content (AvgIpc) is 2.61. The van der Waals surface area contributed by atoms with Crippen molar-refractivity contribution in [3.63, 3.8) is 0 Å².